The number of nitrogens with one attached hydrogen (secondary N) is 1. The third-order valence-corrected chi connectivity index (χ3v) is 3.20. The first kappa shape index (κ1) is 11.6. The van der Waals surface area contributed by atoms with Crippen molar-refractivity contribution in [3.05, 3.63) is 35.9 Å². The lowest BCUT2D eigenvalue weighted by Gasteiger charge is -2.17. The van der Waals surface area contributed by atoms with Crippen LogP contribution in [0.4, 0.5) is 0 Å². The molecule has 0 aromatic heterocycles. The molecule has 2 rings (SSSR count). The van der Waals surface area contributed by atoms with Crippen molar-refractivity contribution in [2.75, 3.05) is 20.3 Å². The number of ether oxygens (including phenoxy) is 1. The highest BCUT2D eigenvalue weighted by Crippen LogP contribution is 2.32. The monoisotopic (exact) mass is 219 g/mol. The van der Waals surface area contributed by atoms with Gasteiger partial charge < -0.3 is 10.1 Å². The fourth-order valence-electron chi connectivity index (χ4n) is 2.09. The van der Waals surface area contributed by atoms with E-state index in [0.29, 0.717) is 6.04 Å². The van der Waals surface area contributed by atoms with E-state index in [1.165, 1.54) is 18.4 Å². The van der Waals surface area contributed by atoms with E-state index in [1.54, 1.807) is 7.11 Å². The van der Waals surface area contributed by atoms with Gasteiger partial charge in [0.25, 0.3) is 0 Å². The Morgan fingerprint density at radius 1 is 1.31 bits per heavy atom. The lowest BCUT2D eigenvalue weighted by Crippen LogP contribution is -2.36. The Balaban J connectivity index is 1.70. The molecule has 0 heterocycles. The van der Waals surface area contributed by atoms with Crippen LogP contribution >= 0.6 is 0 Å². The van der Waals surface area contributed by atoms with Crippen molar-refractivity contribution in [2.24, 2.45) is 5.92 Å². The first-order chi connectivity index (χ1) is 7.90. The smallest absolute Gasteiger partial charge is 0.0618 e. The summed E-state index contributed by atoms with van der Waals surface area (Å²) in [5.41, 5.74) is 1.40. The second-order valence-corrected chi connectivity index (χ2v) is 4.59. The van der Waals surface area contributed by atoms with E-state index in [9.17, 15) is 0 Å². The summed E-state index contributed by atoms with van der Waals surface area (Å²) in [5, 5.41) is 3.61. The molecule has 1 aliphatic carbocycles. The zero-order valence-corrected chi connectivity index (χ0v) is 9.99. The summed E-state index contributed by atoms with van der Waals surface area (Å²) in [6.45, 7) is 1.90. The molecule has 0 bridgehead atoms. The lowest BCUT2D eigenvalue weighted by molar-refractivity contribution is 0.158. The van der Waals surface area contributed by atoms with Crippen molar-refractivity contribution < 1.29 is 4.74 Å². The molecular weight excluding hydrogens is 198 g/mol. The molecule has 1 atom stereocenters. The molecule has 1 aromatic rings. The van der Waals surface area contributed by atoms with Crippen LogP contribution in [-0.4, -0.2) is 26.3 Å². The summed E-state index contributed by atoms with van der Waals surface area (Å²) >= 11 is 0. The number of hydrogen-bond acceptors (Lipinski definition) is 2. The predicted molar refractivity (Wildman–Crippen MR) is 66.5 cm³/mol. The standard InChI is InChI=1S/C14H21NO/c1-16-11-14(13-7-8-13)15-10-9-12-5-3-2-4-6-12/h2-6,13-15H,7-11H2,1H3/t14-/m1/s1. The predicted octanol–water partition coefficient (Wildman–Crippen LogP) is 2.24. The molecule has 16 heavy (non-hydrogen) atoms. The Kier molecular flexibility index (Phi) is 4.37. The number of hydrogen-bond donors (Lipinski definition) is 1. The Bertz CT molecular complexity index is 295. The third kappa shape index (κ3) is 3.62. The molecule has 0 saturated heterocycles. The molecule has 0 spiro atoms. The van der Waals surface area contributed by atoms with Crippen molar-refractivity contribution in [1.29, 1.82) is 0 Å². The molecule has 2 nitrogen and oxygen atoms in total. The van der Waals surface area contributed by atoms with Crippen LogP contribution in [0.2, 0.25) is 0 Å². The van der Waals surface area contributed by atoms with Gasteiger partial charge in [-0.15, -0.1) is 0 Å². The van der Waals surface area contributed by atoms with Gasteiger partial charge in [0.1, 0.15) is 0 Å². The van der Waals surface area contributed by atoms with Crippen LogP contribution in [-0.2, 0) is 11.2 Å². The summed E-state index contributed by atoms with van der Waals surface area (Å²) in [5.74, 6) is 0.857. The van der Waals surface area contributed by atoms with Crippen LogP contribution < -0.4 is 5.32 Å². The first-order valence-corrected chi connectivity index (χ1v) is 6.16. The van der Waals surface area contributed by atoms with Gasteiger partial charge in [0, 0.05) is 13.2 Å². The highest BCUT2D eigenvalue weighted by molar-refractivity contribution is 5.14. The number of benzene rings is 1. The molecule has 1 N–H and O–H groups in total. The molecule has 0 aliphatic heterocycles. The fraction of sp³-hybridized carbons (Fsp3) is 0.571. The van der Waals surface area contributed by atoms with Gasteiger partial charge in [-0.25, -0.2) is 0 Å². The molecule has 88 valence electrons. The highest BCUT2D eigenvalue weighted by Gasteiger charge is 2.30. The van der Waals surface area contributed by atoms with E-state index in [4.69, 9.17) is 4.74 Å². The minimum Gasteiger partial charge on any atom is -0.383 e. The van der Waals surface area contributed by atoms with E-state index < -0.39 is 0 Å². The number of methoxy groups -OCH3 is 1. The van der Waals surface area contributed by atoms with Crippen LogP contribution in [0, 0.1) is 5.92 Å². The van der Waals surface area contributed by atoms with Crippen molar-refractivity contribution in [2.45, 2.75) is 25.3 Å². The van der Waals surface area contributed by atoms with Crippen LogP contribution in [0.1, 0.15) is 18.4 Å². The molecule has 1 aromatic carbocycles. The molecule has 1 fully saturated rings. The molecule has 1 saturated carbocycles. The van der Waals surface area contributed by atoms with Crippen LogP contribution in [0.15, 0.2) is 30.3 Å². The van der Waals surface area contributed by atoms with Gasteiger partial charge in [-0.3, -0.25) is 0 Å². The summed E-state index contributed by atoms with van der Waals surface area (Å²) in [6.07, 6.45) is 3.84. The largest absolute Gasteiger partial charge is 0.383 e. The van der Waals surface area contributed by atoms with Gasteiger partial charge in [-0.1, -0.05) is 30.3 Å². The maximum atomic E-state index is 5.25. The SMILES string of the molecule is COC[C@@H](NCCc1ccccc1)C1CC1. The van der Waals surface area contributed by atoms with E-state index in [0.717, 1.165) is 25.5 Å². The minimum absolute atomic E-state index is 0.564. The Labute approximate surface area is 98.0 Å². The molecule has 0 unspecified atom stereocenters. The van der Waals surface area contributed by atoms with Gasteiger partial charge in [0.05, 0.1) is 6.61 Å². The zero-order chi connectivity index (χ0) is 11.2. The van der Waals surface area contributed by atoms with Gasteiger partial charge in [-0.2, -0.15) is 0 Å². The Hall–Kier alpha value is -0.860. The van der Waals surface area contributed by atoms with Crippen LogP contribution in [0.3, 0.4) is 0 Å². The second kappa shape index (κ2) is 6.02. The molecule has 0 amide bonds. The molecule has 1 aliphatic rings. The van der Waals surface area contributed by atoms with E-state index >= 15 is 0 Å². The topological polar surface area (TPSA) is 21.3 Å². The van der Waals surface area contributed by atoms with Crippen molar-refractivity contribution in [1.82, 2.24) is 5.32 Å². The summed E-state index contributed by atoms with van der Waals surface area (Å²) in [6, 6.07) is 11.2. The summed E-state index contributed by atoms with van der Waals surface area (Å²) in [7, 11) is 1.79. The van der Waals surface area contributed by atoms with Crippen LogP contribution in [0.25, 0.3) is 0 Å². The number of rotatable bonds is 7. The average Bonchev–Trinajstić information content (AvgIpc) is 3.13. The lowest BCUT2D eigenvalue weighted by atomic mass is 10.1. The van der Waals surface area contributed by atoms with Crippen molar-refractivity contribution in [3.63, 3.8) is 0 Å². The van der Waals surface area contributed by atoms with Gasteiger partial charge in [-0.05, 0) is 37.3 Å². The van der Waals surface area contributed by atoms with Crippen molar-refractivity contribution >= 4 is 0 Å². The second-order valence-electron chi connectivity index (χ2n) is 4.59. The Morgan fingerprint density at radius 2 is 2.06 bits per heavy atom. The Morgan fingerprint density at radius 3 is 2.69 bits per heavy atom. The zero-order valence-electron chi connectivity index (χ0n) is 9.99. The molecule has 0 radical (unpaired) electrons. The van der Waals surface area contributed by atoms with E-state index in [-0.39, 0.29) is 0 Å². The van der Waals surface area contributed by atoms with Gasteiger partial charge in [0.15, 0.2) is 0 Å². The van der Waals surface area contributed by atoms with Crippen LogP contribution in [0.5, 0.6) is 0 Å². The van der Waals surface area contributed by atoms with Gasteiger partial charge >= 0.3 is 0 Å². The highest BCUT2D eigenvalue weighted by atomic mass is 16.5. The third-order valence-electron chi connectivity index (χ3n) is 3.20. The first-order valence-electron chi connectivity index (χ1n) is 6.16. The maximum Gasteiger partial charge on any atom is 0.0618 e. The fourth-order valence-corrected chi connectivity index (χ4v) is 2.09. The maximum absolute atomic E-state index is 5.25. The summed E-state index contributed by atoms with van der Waals surface area (Å²) in [4.78, 5) is 0. The molecular formula is C14H21NO. The normalized spacial score (nSPS) is 17.3. The van der Waals surface area contributed by atoms with Gasteiger partial charge in [0.2, 0.25) is 0 Å². The average molecular weight is 219 g/mol. The summed E-state index contributed by atoms with van der Waals surface area (Å²) < 4.78 is 5.25. The van der Waals surface area contributed by atoms with E-state index in [2.05, 4.69) is 35.6 Å². The minimum atomic E-state index is 0.564. The quantitative estimate of drug-likeness (QED) is 0.759. The van der Waals surface area contributed by atoms with Crippen molar-refractivity contribution in [3.8, 4) is 0 Å². The van der Waals surface area contributed by atoms with E-state index in [1.807, 2.05) is 0 Å². The molecule has 2 heteroatoms.